The normalized spacial score (nSPS) is 15.5. The zero-order valence-electron chi connectivity index (χ0n) is 16.3. The van der Waals surface area contributed by atoms with Crippen LogP contribution in [0.25, 0.3) is 0 Å². The number of sulfonamides is 1. The fourth-order valence-electron chi connectivity index (χ4n) is 3.27. The number of carbonyl (C=O) groups excluding carboxylic acids is 2. The van der Waals surface area contributed by atoms with E-state index in [0.717, 1.165) is 6.42 Å². The number of hydrogen-bond donors (Lipinski definition) is 2. The van der Waals surface area contributed by atoms with E-state index in [1.54, 1.807) is 29.2 Å². The molecule has 8 nitrogen and oxygen atoms in total. The summed E-state index contributed by atoms with van der Waals surface area (Å²) in [5.74, 6) is -0.328. The van der Waals surface area contributed by atoms with Crippen molar-refractivity contribution in [1.29, 1.82) is 0 Å². The molecule has 0 aliphatic carbocycles. The maximum absolute atomic E-state index is 12.7. The van der Waals surface area contributed by atoms with Gasteiger partial charge in [-0.1, -0.05) is 23.7 Å². The number of hydrogen-bond acceptors (Lipinski definition) is 5. The number of benzene rings is 2. The zero-order valence-corrected chi connectivity index (χ0v) is 17.8. The van der Waals surface area contributed by atoms with Crippen molar-refractivity contribution in [3.63, 3.8) is 0 Å². The first-order chi connectivity index (χ1) is 14.2. The Morgan fingerprint density at radius 3 is 2.37 bits per heavy atom. The van der Waals surface area contributed by atoms with Crippen molar-refractivity contribution in [2.45, 2.75) is 11.3 Å². The Bertz CT molecular complexity index is 1030. The van der Waals surface area contributed by atoms with Crippen LogP contribution in [-0.2, 0) is 14.8 Å². The first-order valence-corrected chi connectivity index (χ1v) is 11.4. The highest BCUT2D eigenvalue weighted by molar-refractivity contribution is 7.89. The highest BCUT2D eigenvalue weighted by Crippen LogP contribution is 2.18. The Hall–Kier alpha value is -2.46. The van der Waals surface area contributed by atoms with Crippen LogP contribution in [0.4, 0.5) is 5.69 Å². The van der Waals surface area contributed by atoms with Gasteiger partial charge in [-0.15, -0.1) is 0 Å². The number of nitrogens with one attached hydrogen (secondary N) is 1. The molecule has 2 aromatic carbocycles. The lowest BCUT2D eigenvalue weighted by Crippen LogP contribution is -2.38. The first-order valence-electron chi connectivity index (χ1n) is 9.43. The Morgan fingerprint density at radius 1 is 1.00 bits per heavy atom. The molecule has 3 N–H and O–H groups in total. The summed E-state index contributed by atoms with van der Waals surface area (Å²) in [7, 11) is -3.77. The lowest BCUT2D eigenvalue weighted by Gasteiger charge is -2.22. The quantitative estimate of drug-likeness (QED) is 0.720. The van der Waals surface area contributed by atoms with E-state index in [4.69, 9.17) is 16.7 Å². The standard InChI is InChI=1S/C20H23ClN4O4S/c21-18-5-2-1-4-17(18)20(27)25-11-3-10-24(12-13-25)14-19(26)23-15-6-8-16(9-7-15)30(22,28)29/h1-2,4-9H,3,10-14H2,(H,23,26)(H2,22,28,29). The van der Waals surface area contributed by atoms with E-state index in [2.05, 4.69) is 5.32 Å². The SMILES string of the molecule is NS(=O)(=O)c1ccc(NC(=O)CN2CCCN(C(=O)c3ccccc3Cl)CC2)cc1. The van der Waals surface area contributed by atoms with Crippen LogP contribution in [0.3, 0.4) is 0 Å². The molecule has 30 heavy (non-hydrogen) atoms. The van der Waals surface area contributed by atoms with Crippen LogP contribution in [0.5, 0.6) is 0 Å². The van der Waals surface area contributed by atoms with Crippen molar-refractivity contribution in [1.82, 2.24) is 9.80 Å². The van der Waals surface area contributed by atoms with Crippen molar-refractivity contribution in [3.8, 4) is 0 Å². The summed E-state index contributed by atoms with van der Waals surface area (Å²) in [6, 6.07) is 12.6. The number of carbonyl (C=O) groups is 2. The Balaban J connectivity index is 1.54. The fourth-order valence-corrected chi connectivity index (χ4v) is 4.00. The van der Waals surface area contributed by atoms with Gasteiger partial charge in [-0.25, -0.2) is 13.6 Å². The highest BCUT2D eigenvalue weighted by atomic mass is 35.5. The molecule has 1 heterocycles. The topological polar surface area (TPSA) is 113 Å². The van der Waals surface area contributed by atoms with Gasteiger partial charge in [-0.3, -0.25) is 14.5 Å². The molecule has 10 heteroatoms. The average molecular weight is 451 g/mol. The average Bonchev–Trinajstić information content (AvgIpc) is 2.93. The maximum atomic E-state index is 12.7. The summed E-state index contributed by atoms with van der Waals surface area (Å²) < 4.78 is 22.6. The predicted octanol–water partition coefficient (Wildman–Crippen LogP) is 1.77. The summed E-state index contributed by atoms with van der Waals surface area (Å²) in [4.78, 5) is 28.8. The molecule has 0 spiro atoms. The Kier molecular flexibility index (Phi) is 7.09. The third-order valence-electron chi connectivity index (χ3n) is 4.81. The molecule has 1 aliphatic rings. The molecule has 0 atom stereocenters. The molecule has 1 saturated heterocycles. The molecule has 0 radical (unpaired) electrons. The second-order valence-electron chi connectivity index (χ2n) is 7.02. The molecule has 160 valence electrons. The van der Waals surface area contributed by atoms with Crippen LogP contribution >= 0.6 is 11.6 Å². The van der Waals surface area contributed by atoms with Gasteiger partial charge < -0.3 is 10.2 Å². The van der Waals surface area contributed by atoms with Gasteiger partial charge in [0, 0.05) is 31.9 Å². The molecule has 1 fully saturated rings. The van der Waals surface area contributed by atoms with E-state index in [1.165, 1.54) is 24.3 Å². The number of primary sulfonamides is 1. The third-order valence-corrected chi connectivity index (χ3v) is 6.07. The number of anilines is 1. The summed E-state index contributed by atoms with van der Waals surface area (Å²) in [5.41, 5.74) is 0.964. The molecule has 1 aliphatic heterocycles. The van der Waals surface area contributed by atoms with Crippen LogP contribution in [0.2, 0.25) is 5.02 Å². The fraction of sp³-hybridized carbons (Fsp3) is 0.300. The second kappa shape index (κ2) is 9.57. The van der Waals surface area contributed by atoms with Crippen LogP contribution in [-0.4, -0.2) is 62.8 Å². The Labute approximate surface area is 180 Å². The van der Waals surface area contributed by atoms with E-state index in [1.807, 2.05) is 4.90 Å². The van der Waals surface area contributed by atoms with Crippen molar-refractivity contribution < 1.29 is 18.0 Å². The minimum atomic E-state index is -3.77. The van der Waals surface area contributed by atoms with Gasteiger partial charge in [0.15, 0.2) is 0 Å². The molecule has 0 aromatic heterocycles. The first kappa shape index (κ1) is 22.2. The molecule has 2 amide bonds. The molecule has 3 rings (SSSR count). The van der Waals surface area contributed by atoms with Gasteiger partial charge in [-0.05, 0) is 42.8 Å². The van der Waals surface area contributed by atoms with Crippen molar-refractivity contribution in [2.75, 3.05) is 38.0 Å². The maximum Gasteiger partial charge on any atom is 0.255 e. The minimum absolute atomic E-state index is 0.0173. The van der Waals surface area contributed by atoms with E-state index in [9.17, 15) is 18.0 Å². The lowest BCUT2D eigenvalue weighted by atomic mass is 10.2. The van der Waals surface area contributed by atoms with Gasteiger partial charge in [0.1, 0.15) is 0 Å². The molecule has 2 aromatic rings. The Morgan fingerprint density at radius 2 is 1.70 bits per heavy atom. The summed E-state index contributed by atoms with van der Waals surface area (Å²) in [6.07, 6.45) is 0.743. The van der Waals surface area contributed by atoms with Gasteiger partial charge in [0.05, 0.1) is 22.0 Å². The third kappa shape index (κ3) is 5.79. The largest absolute Gasteiger partial charge is 0.337 e. The summed E-state index contributed by atoms with van der Waals surface area (Å²) >= 11 is 6.14. The van der Waals surface area contributed by atoms with Crippen molar-refractivity contribution >= 4 is 39.1 Å². The highest BCUT2D eigenvalue weighted by Gasteiger charge is 2.22. The summed E-state index contributed by atoms with van der Waals surface area (Å²) in [5, 5.41) is 8.24. The van der Waals surface area contributed by atoms with Gasteiger partial charge >= 0.3 is 0 Å². The van der Waals surface area contributed by atoms with E-state index in [0.29, 0.717) is 42.5 Å². The van der Waals surface area contributed by atoms with Crippen molar-refractivity contribution in [3.05, 3.63) is 59.1 Å². The van der Waals surface area contributed by atoms with Crippen LogP contribution in [0, 0.1) is 0 Å². The number of amides is 2. The predicted molar refractivity (Wildman–Crippen MR) is 115 cm³/mol. The minimum Gasteiger partial charge on any atom is -0.337 e. The van der Waals surface area contributed by atoms with E-state index in [-0.39, 0.29) is 23.3 Å². The van der Waals surface area contributed by atoms with Crippen LogP contribution < -0.4 is 10.5 Å². The van der Waals surface area contributed by atoms with Gasteiger partial charge in [-0.2, -0.15) is 0 Å². The molecule has 0 saturated carbocycles. The smallest absolute Gasteiger partial charge is 0.255 e. The van der Waals surface area contributed by atoms with E-state index >= 15 is 0 Å². The lowest BCUT2D eigenvalue weighted by molar-refractivity contribution is -0.117. The van der Waals surface area contributed by atoms with Crippen LogP contribution in [0.15, 0.2) is 53.4 Å². The van der Waals surface area contributed by atoms with Crippen LogP contribution in [0.1, 0.15) is 16.8 Å². The number of halogens is 1. The van der Waals surface area contributed by atoms with Gasteiger partial charge in [0.25, 0.3) is 5.91 Å². The van der Waals surface area contributed by atoms with Gasteiger partial charge in [0.2, 0.25) is 15.9 Å². The molecule has 0 unspecified atom stereocenters. The second-order valence-corrected chi connectivity index (χ2v) is 8.99. The van der Waals surface area contributed by atoms with E-state index < -0.39 is 10.0 Å². The molecular weight excluding hydrogens is 428 g/mol. The number of nitrogens with zero attached hydrogens (tertiary/aromatic N) is 2. The molecular formula is C20H23ClN4O4S. The summed E-state index contributed by atoms with van der Waals surface area (Å²) in [6.45, 7) is 2.51. The zero-order chi connectivity index (χ0) is 21.7. The monoisotopic (exact) mass is 450 g/mol. The van der Waals surface area contributed by atoms with Crippen molar-refractivity contribution in [2.24, 2.45) is 5.14 Å². The number of nitrogens with two attached hydrogens (primary N) is 1. The molecule has 0 bridgehead atoms. The number of rotatable bonds is 5.